The van der Waals surface area contributed by atoms with Gasteiger partial charge in [0, 0.05) is 6.54 Å². The Bertz CT molecular complexity index is 1010. The first-order chi connectivity index (χ1) is 18.0. The molecule has 37 heavy (non-hydrogen) atoms. The number of nitrogens with one attached hydrogen (secondary N) is 3. The van der Waals surface area contributed by atoms with Crippen LogP contribution in [0.3, 0.4) is 0 Å². The van der Waals surface area contributed by atoms with Crippen molar-refractivity contribution in [2.24, 2.45) is 5.92 Å². The number of rotatable bonds is 9. The quantitative estimate of drug-likeness (QED) is 0.431. The maximum absolute atomic E-state index is 13.9. The summed E-state index contributed by atoms with van der Waals surface area (Å²) >= 11 is 5.68. The van der Waals surface area contributed by atoms with Gasteiger partial charge in [0.25, 0.3) is 0 Å². The normalized spacial score (nSPS) is 19.9. The molecule has 3 atom stereocenters. The van der Waals surface area contributed by atoms with Crippen LogP contribution in [0.25, 0.3) is 0 Å². The van der Waals surface area contributed by atoms with Gasteiger partial charge < -0.3 is 15.5 Å². The lowest BCUT2D eigenvalue weighted by atomic mass is 9.83. The average molecular weight is 525 g/mol. The summed E-state index contributed by atoms with van der Waals surface area (Å²) in [6.07, 6.45) is 6.32. The van der Waals surface area contributed by atoms with Crippen molar-refractivity contribution in [3.05, 3.63) is 71.8 Å². The van der Waals surface area contributed by atoms with Gasteiger partial charge in [0.05, 0.1) is 12.1 Å². The van der Waals surface area contributed by atoms with Crippen LogP contribution in [-0.2, 0) is 14.4 Å². The second-order valence-electron chi connectivity index (χ2n) is 10.2. The van der Waals surface area contributed by atoms with E-state index in [4.69, 9.17) is 11.8 Å². The lowest BCUT2D eigenvalue weighted by molar-refractivity contribution is -0.143. The molecule has 1 saturated carbocycles. The van der Waals surface area contributed by atoms with Crippen molar-refractivity contribution in [3.8, 4) is 0 Å². The fourth-order valence-electron chi connectivity index (χ4n) is 5.55. The minimum absolute atomic E-state index is 0.0541. The Labute approximate surface area is 224 Å². The van der Waals surface area contributed by atoms with E-state index in [1.807, 2.05) is 60.7 Å². The summed E-state index contributed by atoms with van der Waals surface area (Å²) in [7, 11) is 0. The number of likely N-dealkylation sites (tertiary alicyclic amines) is 1. The molecule has 2 aliphatic rings. The van der Waals surface area contributed by atoms with Crippen LogP contribution in [0.4, 0.5) is 0 Å². The van der Waals surface area contributed by atoms with Gasteiger partial charge in [-0.15, -0.1) is 0 Å². The van der Waals surface area contributed by atoms with Gasteiger partial charge in [-0.25, -0.2) is 4.84 Å². The predicted molar refractivity (Wildman–Crippen MR) is 145 cm³/mol. The third-order valence-corrected chi connectivity index (χ3v) is 7.96. The van der Waals surface area contributed by atoms with Crippen molar-refractivity contribution in [1.29, 1.82) is 0 Å². The van der Waals surface area contributed by atoms with Gasteiger partial charge in [-0.05, 0) is 61.4 Å². The zero-order valence-electron chi connectivity index (χ0n) is 21.4. The van der Waals surface area contributed by atoms with E-state index in [9.17, 15) is 14.4 Å². The highest BCUT2D eigenvalue weighted by Gasteiger charge is 2.41. The lowest BCUT2D eigenvalue weighted by Crippen LogP contribution is -2.58. The Morgan fingerprint density at radius 3 is 2.00 bits per heavy atom. The van der Waals surface area contributed by atoms with Crippen molar-refractivity contribution in [2.75, 3.05) is 6.54 Å². The SMILES string of the molecule is CC(NCl)C(=O)NC(C(=O)N1CCCC1C(=O)NC(c1ccccc1)c1ccccc1)C1CCCCC1. The molecular formula is C29H37ClN4O3. The molecule has 0 radical (unpaired) electrons. The van der Waals surface area contributed by atoms with Gasteiger partial charge >= 0.3 is 0 Å². The van der Waals surface area contributed by atoms with E-state index in [1.54, 1.807) is 11.8 Å². The van der Waals surface area contributed by atoms with Gasteiger partial charge in [-0.3, -0.25) is 14.4 Å². The monoisotopic (exact) mass is 524 g/mol. The van der Waals surface area contributed by atoms with Crippen LogP contribution in [0.2, 0.25) is 0 Å². The van der Waals surface area contributed by atoms with Crippen molar-refractivity contribution in [1.82, 2.24) is 20.4 Å². The van der Waals surface area contributed by atoms with E-state index in [1.165, 1.54) is 0 Å². The fourth-order valence-corrected chi connectivity index (χ4v) is 5.65. The summed E-state index contributed by atoms with van der Waals surface area (Å²) in [5, 5.41) is 6.17. The Balaban J connectivity index is 1.54. The van der Waals surface area contributed by atoms with Crippen molar-refractivity contribution >= 4 is 29.5 Å². The maximum atomic E-state index is 13.9. The van der Waals surface area contributed by atoms with Crippen molar-refractivity contribution < 1.29 is 14.4 Å². The summed E-state index contributed by atoms with van der Waals surface area (Å²) < 4.78 is 0. The highest BCUT2D eigenvalue weighted by atomic mass is 35.5. The van der Waals surface area contributed by atoms with Crippen LogP contribution < -0.4 is 15.5 Å². The summed E-state index contributed by atoms with van der Waals surface area (Å²) in [6.45, 7) is 2.16. The Morgan fingerprint density at radius 2 is 1.43 bits per heavy atom. The van der Waals surface area contributed by atoms with E-state index in [2.05, 4.69) is 15.5 Å². The van der Waals surface area contributed by atoms with Crippen LogP contribution in [-0.4, -0.2) is 47.3 Å². The molecule has 8 heteroatoms. The van der Waals surface area contributed by atoms with Crippen LogP contribution in [0.5, 0.6) is 0 Å². The van der Waals surface area contributed by atoms with Gasteiger partial charge in [-0.2, -0.15) is 0 Å². The zero-order chi connectivity index (χ0) is 26.2. The molecule has 0 aromatic heterocycles. The van der Waals surface area contributed by atoms with Crippen molar-refractivity contribution in [3.63, 3.8) is 0 Å². The third kappa shape index (κ3) is 6.70. The third-order valence-electron chi connectivity index (χ3n) is 7.63. The van der Waals surface area contributed by atoms with E-state index < -0.39 is 18.1 Å². The fraction of sp³-hybridized carbons (Fsp3) is 0.483. The van der Waals surface area contributed by atoms with Gasteiger partial charge in [0.1, 0.15) is 12.1 Å². The second-order valence-corrected chi connectivity index (χ2v) is 10.4. The molecule has 1 aliphatic heterocycles. The first-order valence-electron chi connectivity index (χ1n) is 13.4. The van der Waals surface area contributed by atoms with E-state index in [0.29, 0.717) is 13.0 Å². The topological polar surface area (TPSA) is 90.5 Å². The summed E-state index contributed by atoms with van der Waals surface area (Å²) in [6, 6.07) is 17.5. The zero-order valence-corrected chi connectivity index (χ0v) is 22.1. The largest absolute Gasteiger partial charge is 0.343 e. The molecule has 198 valence electrons. The molecule has 2 fully saturated rings. The number of nitrogens with zero attached hydrogens (tertiary/aromatic N) is 1. The predicted octanol–water partition coefficient (Wildman–Crippen LogP) is 4.08. The number of carbonyl (C=O) groups excluding carboxylic acids is 3. The highest BCUT2D eigenvalue weighted by molar-refractivity contribution is 6.15. The molecule has 1 saturated heterocycles. The summed E-state index contributed by atoms with van der Waals surface area (Å²) in [4.78, 5) is 44.4. The number of hydrogen-bond donors (Lipinski definition) is 3. The number of carbonyl (C=O) groups is 3. The number of halogens is 1. The Hall–Kier alpha value is -2.90. The molecule has 2 aromatic carbocycles. The van der Waals surface area contributed by atoms with Crippen LogP contribution >= 0.6 is 11.8 Å². The van der Waals surface area contributed by atoms with E-state index in [-0.39, 0.29) is 29.7 Å². The summed E-state index contributed by atoms with van der Waals surface area (Å²) in [5.41, 5.74) is 1.96. The first kappa shape index (κ1) is 27.1. The van der Waals surface area contributed by atoms with Crippen LogP contribution in [0, 0.1) is 5.92 Å². The molecule has 1 aliphatic carbocycles. The molecule has 4 rings (SSSR count). The molecule has 0 bridgehead atoms. The number of benzene rings is 2. The van der Waals surface area contributed by atoms with E-state index in [0.717, 1.165) is 49.7 Å². The summed E-state index contributed by atoms with van der Waals surface area (Å²) in [5.74, 6) is -0.602. The Morgan fingerprint density at radius 1 is 0.838 bits per heavy atom. The smallest absolute Gasteiger partial charge is 0.246 e. The molecule has 3 N–H and O–H groups in total. The lowest BCUT2D eigenvalue weighted by Gasteiger charge is -2.35. The number of amides is 3. The second kappa shape index (κ2) is 13.1. The molecule has 7 nitrogen and oxygen atoms in total. The molecule has 3 amide bonds. The molecule has 2 aromatic rings. The molecular weight excluding hydrogens is 488 g/mol. The van der Waals surface area contributed by atoms with Crippen LogP contribution in [0.1, 0.15) is 69.0 Å². The van der Waals surface area contributed by atoms with Crippen molar-refractivity contribution in [2.45, 2.75) is 76.0 Å². The molecule has 3 unspecified atom stereocenters. The Kier molecular flexibility index (Phi) is 9.58. The minimum Gasteiger partial charge on any atom is -0.343 e. The first-order valence-corrected chi connectivity index (χ1v) is 13.7. The molecule has 0 spiro atoms. The molecule has 1 heterocycles. The number of hydrogen-bond acceptors (Lipinski definition) is 4. The van der Waals surface area contributed by atoms with Gasteiger partial charge in [0.2, 0.25) is 17.7 Å². The van der Waals surface area contributed by atoms with Gasteiger partial charge in [-0.1, -0.05) is 79.9 Å². The van der Waals surface area contributed by atoms with Crippen LogP contribution in [0.15, 0.2) is 60.7 Å². The highest BCUT2D eigenvalue weighted by Crippen LogP contribution is 2.30. The standard InChI is InChI=1S/C29H37ClN4O3/c1-20(33-30)27(35)32-26(23-16-9-4-10-17-23)29(37)34-19-11-18-24(34)28(36)31-25(21-12-5-2-6-13-21)22-14-7-3-8-15-22/h2-3,5-8,12-15,20,23-26,33H,4,9-11,16-19H2,1H3,(H,31,36)(H,32,35). The average Bonchev–Trinajstić information content (AvgIpc) is 3.45. The van der Waals surface area contributed by atoms with E-state index >= 15 is 0 Å². The maximum Gasteiger partial charge on any atom is 0.246 e. The van der Waals surface area contributed by atoms with Gasteiger partial charge in [0.15, 0.2) is 0 Å². The minimum atomic E-state index is -0.660.